The van der Waals surface area contributed by atoms with Gasteiger partial charge in [0.15, 0.2) is 11.9 Å². The van der Waals surface area contributed by atoms with Gasteiger partial charge in [0.2, 0.25) is 11.7 Å². The second kappa shape index (κ2) is 8.43. The van der Waals surface area contributed by atoms with E-state index in [1.807, 2.05) is 54.6 Å². The summed E-state index contributed by atoms with van der Waals surface area (Å²) in [5.41, 5.74) is 1.51. The number of furan rings is 1. The molecule has 7 nitrogen and oxygen atoms in total. The van der Waals surface area contributed by atoms with Crippen molar-refractivity contribution in [2.75, 3.05) is 5.32 Å². The van der Waals surface area contributed by atoms with Gasteiger partial charge in [-0.3, -0.25) is 4.79 Å². The Balaban J connectivity index is 1.45. The van der Waals surface area contributed by atoms with Crippen molar-refractivity contribution in [3.8, 4) is 17.3 Å². The first-order chi connectivity index (χ1) is 14.2. The van der Waals surface area contributed by atoms with E-state index in [1.165, 1.54) is 0 Å². The van der Waals surface area contributed by atoms with E-state index in [9.17, 15) is 4.79 Å². The average Bonchev–Trinajstić information content (AvgIpc) is 3.42. The molecule has 0 unspecified atom stereocenters. The van der Waals surface area contributed by atoms with Gasteiger partial charge in [-0.05, 0) is 42.8 Å². The lowest BCUT2D eigenvalue weighted by Gasteiger charge is -2.16. The fraction of sp³-hybridized carbons (Fsp3) is 0.136. The van der Waals surface area contributed by atoms with Gasteiger partial charge in [0.05, 0.1) is 12.7 Å². The van der Waals surface area contributed by atoms with E-state index in [2.05, 4.69) is 15.5 Å². The number of carbonyl (C=O) groups is 1. The molecule has 0 spiro atoms. The van der Waals surface area contributed by atoms with E-state index in [0.717, 1.165) is 5.56 Å². The van der Waals surface area contributed by atoms with Crippen LogP contribution in [0.3, 0.4) is 0 Å². The van der Waals surface area contributed by atoms with Crippen molar-refractivity contribution in [3.63, 3.8) is 0 Å². The van der Waals surface area contributed by atoms with Crippen LogP contribution < -0.4 is 10.1 Å². The molecular weight excluding hydrogens is 370 g/mol. The normalized spacial score (nSPS) is 11.8. The number of ether oxygens (including phenoxy) is 1. The summed E-state index contributed by atoms with van der Waals surface area (Å²) in [4.78, 5) is 16.9. The Hall–Kier alpha value is -3.87. The number of anilines is 1. The van der Waals surface area contributed by atoms with Crippen molar-refractivity contribution in [1.29, 1.82) is 0 Å². The second-order valence-electron chi connectivity index (χ2n) is 6.39. The van der Waals surface area contributed by atoms with Gasteiger partial charge in [-0.2, -0.15) is 4.98 Å². The number of para-hydroxylation sites is 2. The second-order valence-corrected chi connectivity index (χ2v) is 6.39. The van der Waals surface area contributed by atoms with Crippen molar-refractivity contribution < 1.29 is 18.5 Å². The fourth-order valence-electron chi connectivity index (χ4n) is 2.78. The minimum atomic E-state index is -0.653. The third-order valence-electron chi connectivity index (χ3n) is 4.25. The van der Waals surface area contributed by atoms with Gasteiger partial charge in [-0.25, -0.2) is 0 Å². The minimum absolute atomic E-state index is 0.247. The largest absolute Gasteiger partial charge is 0.481 e. The summed E-state index contributed by atoms with van der Waals surface area (Å²) in [7, 11) is 0. The van der Waals surface area contributed by atoms with Crippen LogP contribution in [-0.4, -0.2) is 22.2 Å². The van der Waals surface area contributed by atoms with Gasteiger partial charge >= 0.3 is 0 Å². The molecular formula is C22H19N3O4. The predicted octanol–water partition coefficient (Wildman–Crippen LogP) is 4.33. The Morgan fingerprint density at radius 2 is 1.86 bits per heavy atom. The molecule has 4 rings (SSSR count). The Bertz CT molecular complexity index is 1070. The molecule has 0 saturated heterocycles. The first kappa shape index (κ1) is 18.5. The fourth-order valence-corrected chi connectivity index (χ4v) is 2.78. The molecule has 0 radical (unpaired) electrons. The number of carbonyl (C=O) groups excluding carboxylic acids is 1. The molecule has 0 saturated carbocycles. The van der Waals surface area contributed by atoms with Crippen molar-refractivity contribution in [2.45, 2.75) is 19.4 Å². The van der Waals surface area contributed by atoms with Crippen LogP contribution in [0.4, 0.5) is 5.69 Å². The first-order valence-corrected chi connectivity index (χ1v) is 9.16. The zero-order valence-electron chi connectivity index (χ0n) is 15.7. The SMILES string of the molecule is C[C@@H](Oc1ccccc1)C(=O)Nc1ccccc1Cc1nc(-c2ccco2)no1. The highest BCUT2D eigenvalue weighted by Crippen LogP contribution is 2.22. The number of amides is 1. The van der Waals surface area contributed by atoms with Crippen LogP contribution in [0.15, 0.2) is 81.9 Å². The quantitative estimate of drug-likeness (QED) is 0.506. The summed E-state index contributed by atoms with van der Waals surface area (Å²) < 4.78 is 16.3. The molecule has 1 amide bonds. The molecule has 2 aromatic carbocycles. The maximum absolute atomic E-state index is 12.6. The molecule has 0 fully saturated rings. The molecule has 2 aromatic heterocycles. The van der Waals surface area contributed by atoms with Gasteiger partial charge in [0, 0.05) is 5.69 Å². The van der Waals surface area contributed by atoms with E-state index in [4.69, 9.17) is 13.7 Å². The Kier molecular flexibility index (Phi) is 5.38. The number of rotatable bonds is 7. The molecule has 2 heterocycles. The lowest BCUT2D eigenvalue weighted by molar-refractivity contribution is -0.122. The molecule has 146 valence electrons. The highest BCUT2D eigenvalue weighted by Gasteiger charge is 2.18. The number of benzene rings is 2. The van der Waals surface area contributed by atoms with Crippen molar-refractivity contribution in [2.24, 2.45) is 0 Å². The number of aromatic nitrogens is 2. The molecule has 29 heavy (non-hydrogen) atoms. The highest BCUT2D eigenvalue weighted by molar-refractivity contribution is 5.94. The van der Waals surface area contributed by atoms with Crippen molar-refractivity contribution >= 4 is 11.6 Å². The van der Waals surface area contributed by atoms with Gasteiger partial charge < -0.3 is 19.0 Å². The Morgan fingerprint density at radius 1 is 1.07 bits per heavy atom. The molecule has 0 bridgehead atoms. The molecule has 0 aliphatic carbocycles. The third kappa shape index (κ3) is 4.52. The molecule has 7 heteroatoms. The zero-order chi connectivity index (χ0) is 20.1. The van der Waals surface area contributed by atoms with Crippen LogP contribution in [0, 0.1) is 0 Å². The van der Waals surface area contributed by atoms with Gasteiger partial charge in [-0.1, -0.05) is 41.6 Å². The smallest absolute Gasteiger partial charge is 0.265 e. The van der Waals surface area contributed by atoms with E-state index in [-0.39, 0.29) is 5.91 Å². The number of hydrogen-bond donors (Lipinski definition) is 1. The molecule has 1 atom stereocenters. The van der Waals surface area contributed by atoms with E-state index in [1.54, 1.807) is 25.3 Å². The van der Waals surface area contributed by atoms with Crippen LogP contribution in [0.25, 0.3) is 11.6 Å². The summed E-state index contributed by atoms with van der Waals surface area (Å²) in [5, 5.41) is 6.85. The highest BCUT2D eigenvalue weighted by atomic mass is 16.5. The van der Waals surface area contributed by atoms with Crippen LogP contribution >= 0.6 is 0 Å². The topological polar surface area (TPSA) is 90.4 Å². The summed E-state index contributed by atoms with van der Waals surface area (Å²) >= 11 is 0. The number of nitrogens with one attached hydrogen (secondary N) is 1. The van der Waals surface area contributed by atoms with Gasteiger partial charge in [-0.15, -0.1) is 0 Å². The van der Waals surface area contributed by atoms with Crippen LogP contribution in [0.5, 0.6) is 5.75 Å². The van der Waals surface area contributed by atoms with E-state index >= 15 is 0 Å². The van der Waals surface area contributed by atoms with Gasteiger partial charge in [0.1, 0.15) is 5.75 Å². The maximum atomic E-state index is 12.6. The van der Waals surface area contributed by atoms with E-state index < -0.39 is 6.10 Å². The first-order valence-electron chi connectivity index (χ1n) is 9.16. The standard InChI is InChI=1S/C22H19N3O4/c1-15(28-17-9-3-2-4-10-17)22(26)23-18-11-6-5-8-16(18)14-20-24-21(25-29-20)19-12-7-13-27-19/h2-13,15H,14H2,1H3,(H,23,26)/t15-/m1/s1. The number of hydrogen-bond acceptors (Lipinski definition) is 6. The monoisotopic (exact) mass is 389 g/mol. The summed E-state index contributed by atoms with van der Waals surface area (Å²) in [6.07, 6.45) is 1.27. The molecule has 0 aliphatic rings. The Morgan fingerprint density at radius 3 is 2.66 bits per heavy atom. The molecule has 4 aromatic rings. The summed E-state index contributed by atoms with van der Waals surface area (Å²) in [6, 6.07) is 20.2. The van der Waals surface area contributed by atoms with Crippen LogP contribution in [-0.2, 0) is 11.2 Å². The zero-order valence-corrected chi connectivity index (χ0v) is 15.7. The minimum Gasteiger partial charge on any atom is -0.481 e. The number of nitrogens with zero attached hydrogens (tertiary/aromatic N) is 2. The molecule has 0 aliphatic heterocycles. The lowest BCUT2D eigenvalue weighted by atomic mass is 10.1. The predicted molar refractivity (Wildman–Crippen MR) is 106 cm³/mol. The Labute approximate surface area is 167 Å². The van der Waals surface area contributed by atoms with Gasteiger partial charge in [0.25, 0.3) is 5.91 Å². The summed E-state index contributed by atoms with van der Waals surface area (Å²) in [5.74, 6) is 1.74. The third-order valence-corrected chi connectivity index (χ3v) is 4.25. The summed E-state index contributed by atoms with van der Waals surface area (Å²) in [6.45, 7) is 1.71. The maximum Gasteiger partial charge on any atom is 0.265 e. The molecule has 1 N–H and O–H groups in total. The lowest BCUT2D eigenvalue weighted by Crippen LogP contribution is -2.30. The van der Waals surface area contributed by atoms with Crippen LogP contribution in [0.1, 0.15) is 18.4 Å². The van der Waals surface area contributed by atoms with Crippen molar-refractivity contribution in [3.05, 3.63) is 84.4 Å². The van der Waals surface area contributed by atoms with Crippen LogP contribution in [0.2, 0.25) is 0 Å². The van der Waals surface area contributed by atoms with Crippen molar-refractivity contribution in [1.82, 2.24) is 10.1 Å². The average molecular weight is 389 g/mol. The van der Waals surface area contributed by atoms with E-state index in [0.29, 0.717) is 35.3 Å².